The molecule has 0 fully saturated rings. The Morgan fingerprint density at radius 2 is 1.85 bits per heavy atom. The van der Waals surface area contributed by atoms with Gasteiger partial charge < -0.3 is 10.6 Å². The standard InChI is InChI=1S/C14H20Cl2N2O.ClH/c1-9(2)18(14(19)6-10(3)17)8-11-4-5-12(15)13(16)7-11;/h4-5,7,9-10H,6,8,17H2,1-3H3;1H. The molecule has 0 aliphatic heterocycles. The van der Waals surface area contributed by atoms with Gasteiger partial charge in [0.25, 0.3) is 0 Å². The molecule has 20 heavy (non-hydrogen) atoms. The molecule has 114 valence electrons. The number of halogens is 3. The van der Waals surface area contributed by atoms with Gasteiger partial charge in [0.1, 0.15) is 0 Å². The van der Waals surface area contributed by atoms with Crippen molar-refractivity contribution in [3.63, 3.8) is 0 Å². The first-order valence-electron chi connectivity index (χ1n) is 6.30. The number of hydrogen-bond donors (Lipinski definition) is 1. The maximum atomic E-state index is 12.1. The lowest BCUT2D eigenvalue weighted by Crippen LogP contribution is -2.39. The Morgan fingerprint density at radius 1 is 1.25 bits per heavy atom. The molecule has 0 saturated carbocycles. The van der Waals surface area contributed by atoms with Crippen molar-refractivity contribution in [1.29, 1.82) is 0 Å². The third-order valence-electron chi connectivity index (χ3n) is 2.78. The normalized spacial score (nSPS) is 11.9. The van der Waals surface area contributed by atoms with Crippen molar-refractivity contribution >= 4 is 41.5 Å². The minimum Gasteiger partial charge on any atom is -0.336 e. The quantitative estimate of drug-likeness (QED) is 0.884. The van der Waals surface area contributed by atoms with Crippen LogP contribution in [0, 0.1) is 0 Å². The summed E-state index contributed by atoms with van der Waals surface area (Å²) in [6, 6.07) is 5.39. The Bertz CT molecular complexity index is 450. The van der Waals surface area contributed by atoms with Gasteiger partial charge in [-0.25, -0.2) is 0 Å². The van der Waals surface area contributed by atoms with E-state index in [0.29, 0.717) is 23.0 Å². The van der Waals surface area contributed by atoms with Crippen LogP contribution in [0.1, 0.15) is 32.8 Å². The van der Waals surface area contributed by atoms with Crippen LogP contribution in [0.4, 0.5) is 0 Å². The monoisotopic (exact) mass is 338 g/mol. The lowest BCUT2D eigenvalue weighted by atomic mass is 10.1. The molecular weight excluding hydrogens is 319 g/mol. The smallest absolute Gasteiger partial charge is 0.224 e. The molecule has 0 heterocycles. The van der Waals surface area contributed by atoms with Gasteiger partial charge in [0.2, 0.25) is 5.91 Å². The van der Waals surface area contributed by atoms with E-state index in [9.17, 15) is 4.79 Å². The van der Waals surface area contributed by atoms with Gasteiger partial charge in [-0.3, -0.25) is 4.79 Å². The van der Waals surface area contributed by atoms with Crippen LogP contribution in [0.15, 0.2) is 18.2 Å². The lowest BCUT2D eigenvalue weighted by molar-refractivity contribution is -0.133. The van der Waals surface area contributed by atoms with Gasteiger partial charge in [0.05, 0.1) is 10.0 Å². The topological polar surface area (TPSA) is 46.3 Å². The Hall–Kier alpha value is -0.480. The summed E-state index contributed by atoms with van der Waals surface area (Å²) in [4.78, 5) is 13.9. The highest BCUT2D eigenvalue weighted by atomic mass is 35.5. The first-order chi connectivity index (χ1) is 8.81. The zero-order chi connectivity index (χ0) is 14.6. The van der Waals surface area contributed by atoms with Crippen LogP contribution in [0.25, 0.3) is 0 Å². The molecule has 0 spiro atoms. The number of amides is 1. The highest BCUT2D eigenvalue weighted by molar-refractivity contribution is 6.42. The molecule has 0 aliphatic carbocycles. The first kappa shape index (κ1) is 19.5. The molecule has 1 rings (SSSR count). The summed E-state index contributed by atoms with van der Waals surface area (Å²) >= 11 is 11.9. The van der Waals surface area contributed by atoms with Crippen LogP contribution < -0.4 is 5.73 Å². The zero-order valence-corrected chi connectivity index (χ0v) is 14.2. The van der Waals surface area contributed by atoms with Crippen LogP contribution in [0.2, 0.25) is 10.0 Å². The third-order valence-corrected chi connectivity index (χ3v) is 3.52. The number of carbonyl (C=O) groups is 1. The number of benzene rings is 1. The van der Waals surface area contributed by atoms with Crippen LogP contribution in [0.3, 0.4) is 0 Å². The average Bonchev–Trinajstić information content (AvgIpc) is 2.29. The van der Waals surface area contributed by atoms with E-state index in [1.807, 2.05) is 26.8 Å². The lowest BCUT2D eigenvalue weighted by Gasteiger charge is -2.27. The molecule has 0 saturated heterocycles. The highest BCUT2D eigenvalue weighted by Crippen LogP contribution is 2.23. The summed E-state index contributed by atoms with van der Waals surface area (Å²) in [5.74, 6) is 0.0519. The first-order valence-corrected chi connectivity index (χ1v) is 7.05. The van der Waals surface area contributed by atoms with Crippen molar-refractivity contribution in [3.05, 3.63) is 33.8 Å². The van der Waals surface area contributed by atoms with Gasteiger partial charge in [0.15, 0.2) is 0 Å². The van der Waals surface area contributed by atoms with Gasteiger partial charge in [-0.05, 0) is 38.5 Å². The molecule has 0 bridgehead atoms. The van der Waals surface area contributed by atoms with Crippen LogP contribution in [-0.2, 0) is 11.3 Å². The van der Waals surface area contributed by atoms with E-state index in [2.05, 4.69) is 0 Å². The van der Waals surface area contributed by atoms with Crippen LogP contribution in [-0.4, -0.2) is 22.9 Å². The maximum Gasteiger partial charge on any atom is 0.224 e. The summed E-state index contributed by atoms with van der Waals surface area (Å²) in [6.07, 6.45) is 0.347. The molecule has 1 unspecified atom stereocenters. The Balaban J connectivity index is 0.00000361. The number of rotatable bonds is 5. The Labute approximate surface area is 136 Å². The summed E-state index contributed by atoms with van der Waals surface area (Å²) in [7, 11) is 0. The maximum absolute atomic E-state index is 12.1. The second-order valence-corrected chi connectivity index (χ2v) is 5.86. The number of nitrogens with zero attached hydrogens (tertiary/aromatic N) is 1. The minimum atomic E-state index is -0.137. The zero-order valence-electron chi connectivity index (χ0n) is 11.9. The fourth-order valence-corrected chi connectivity index (χ4v) is 2.11. The molecule has 0 aromatic heterocycles. The number of nitrogens with two attached hydrogens (primary N) is 1. The molecule has 1 atom stereocenters. The largest absolute Gasteiger partial charge is 0.336 e. The van der Waals surface area contributed by atoms with Crippen LogP contribution >= 0.6 is 35.6 Å². The fourth-order valence-electron chi connectivity index (χ4n) is 1.79. The van der Waals surface area contributed by atoms with Crippen molar-refractivity contribution in [2.45, 2.75) is 45.8 Å². The van der Waals surface area contributed by atoms with Crippen molar-refractivity contribution in [2.24, 2.45) is 5.73 Å². The SMILES string of the molecule is CC(N)CC(=O)N(Cc1ccc(Cl)c(Cl)c1)C(C)C.Cl. The van der Waals surface area contributed by atoms with Gasteiger partial charge >= 0.3 is 0 Å². The van der Waals surface area contributed by atoms with E-state index in [-0.39, 0.29) is 30.4 Å². The molecule has 1 aromatic rings. The van der Waals surface area contributed by atoms with Crippen molar-refractivity contribution in [3.8, 4) is 0 Å². The second-order valence-electron chi connectivity index (χ2n) is 5.05. The number of hydrogen-bond acceptors (Lipinski definition) is 2. The van der Waals surface area contributed by atoms with Crippen LogP contribution in [0.5, 0.6) is 0 Å². The summed E-state index contributed by atoms with van der Waals surface area (Å²) in [5.41, 5.74) is 6.64. The van der Waals surface area contributed by atoms with Crippen molar-refractivity contribution in [2.75, 3.05) is 0 Å². The minimum absolute atomic E-state index is 0. The van der Waals surface area contributed by atoms with Gasteiger partial charge in [0, 0.05) is 25.0 Å². The summed E-state index contributed by atoms with van der Waals surface area (Å²) in [6.45, 7) is 6.31. The Kier molecular flexibility index (Phi) is 8.52. The molecule has 0 aliphatic rings. The average molecular weight is 340 g/mol. The van der Waals surface area contributed by atoms with E-state index in [4.69, 9.17) is 28.9 Å². The van der Waals surface area contributed by atoms with Gasteiger partial charge in [-0.1, -0.05) is 29.3 Å². The summed E-state index contributed by atoms with van der Waals surface area (Å²) in [5, 5.41) is 1.02. The second kappa shape index (κ2) is 8.73. The van der Waals surface area contributed by atoms with Crippen molar-refractivity contribution in [1.82, 2.24) is 4.90 Å². The van der Waals surface area contributed by atoms with E-state index >= 15 is 0 Å². The molecular formula is C14H21Cl3N2O. The van der Waals surface area contributed by atoms with E-state index in [0.717, 1.165) is 5.56 Å². The third kappa shape index (κ3) is 5.88. The van der Waals surface area contributed by atoms with Gasteiger partial charge in [-0.2, -0.15) is 0 Å². The molecule has 1 aromatic carbocycles. The molecule has 1 amide bonds. The molecule has 3 nitrogen and oxygen atoms in total. The summed E-state index contributed by atoms with van der Waals surface area (Å²) < 4.78 is 0. The predicted molar refractivity (Wildman–Crippen MR) is 87.7 cm³/mol. The number of carbonyl (C=O) groups excluding carboxylic acids is 1. The molecule has 2 N–H and O–H groups in total. The van der Waals surface area contributed by atoms with Crippen molar-refractivity contribution < 1.29 is 4.79 Å². The fraction of sp³-hybridized carbons (Fsp3) is 0.500. The van der Waals surface area contributed by atoms with E-state index in [1.165, 1.54) is 0 Å². The molecule has 0 radical (unpaired) electrons. The molecule has 6 heteroatoms. The van der Waals surface area contributed by atoms with E-state index in [1.54, 1.807) is 17.0 Å². The Morgan fingerprint density at radius 3 is 2.30 bits per heavy atom. The highest BCUT2D eigenvalue weighted by Gasteiger charge is 2.18. The van der Waals surface area contributed by atoms with E-state index < -0.39 is 0 Å². The predicted octanol–water partition coefficient (Wildman–Crippen LogP) is 3.89. The van der Waals surface area contributed by atoms with Gasteiger partial charge in [-0.15, -0.1) is 12.4 Å².